The molecule has 5 nitrogen and oxygen atoms in total. The standard InChI is InChI=1S/C12H14BrN3O2/c1-6-4-8(18-3)11(17)10(13)9(6)7-5-15-16(2)12(7)14/h4-5,17H,14H2,1-3H3. The van der Waals surface area contributed by atoms with Crippen LogP contribution in [0, 0.1) is 6.92 Å². The average molecular weight is 312 g/mol. The summed E-state index contributed by atoms with van der Waals surface area (Å²) in [5.74, 6) is 1.02. The van der Waals surface area contributed by atoms with E-state index in [1.54, 1.807) is 24.0 Å². The molecular weight excluding hydrogens is 298 g/mol. The predicted octanol–water partition coefficient (Wildman–Crippen LogP) is 2.45. The number of aryl methyl sites for hydroxylation is 2. The zero-order chi connectivity index (χ0) is 13.4. The first-order valence-electron chi connectivity index (χ1n) is 5.31. The highest BCUT2D eigenvalue weighted by Crippen LogP contribution is 2.44. The molecule has 3 N–H and O–H groups in total. The molecule has 96 valence electrons. The third-order valence-corrected chi connectivity index (χ3v) is 3.65. The molecule has 0 aliphatic carbocycles. The Morgan fingerprint density at radius 2 is 2.17 bits per heavy atom. The van der Waals surface area contributed by atoms with Gasteiger partial charge >= 0.3 is 0 Å². The van der Waals surface area contributed by atoms with Gasteiger partial charge in [0.15, 0.2) is 11.5 Å². The number of halogens is 1. The van der Waals surface area contributed by atoms with Crippen LogP contribution in [0.5, 0.6) is 11.5 Å². The first kappa shape index (κ1) is 12.8. The lowest BCUT2D eigenvalue weighted by Crippen LogP contribution is -1.99. The first-order chi connectivity index (χ1) is 8.47. The molecule has 1 heterocycles. The molecule has 0 spiro atoms. The van der Waals surface area contributed by atoms with E-state index in [0.717, 1.165) is 16.7 Å². The van der Waals surface area contributed by atoms with Crippen LogP contribution in [0.25, 0.3) is 11.1 Å². The molecule has 0 bridgehead atoms. The predicted molar refractivity (Wildman–Crippen MR) is 73.7 cm³/mol. The molecule has 0 radical (unpaired) electrons. The molecular formula is C12H14BrN3O2. The van der Waals surface area contributed by atoms with Gasteiger partial charge in [-0.25, -0.2) is 0 Å². The third-order valence-electron chi connectivity index (χ3n) is 2.88. The second-order valence-corrected chi connectivity index (χ2v) is 4.79. The second kappa shape index (κ2) is 4.53. The molecule has 0 unspecified atom stereocenters. The van der Waals surface area contributed by atoms with E-state index < -0.39 is 0 Å². The monoisotopic (exact) mass is 311 g/mol. The van der Waals surface area contributed by atoms with Crippen LogP contribution in [-0.2, 0) is 7.05 Å². The van der Waals surface area contributed by atoms with E-state index in [0.29, 0.717) is 16.0 Å². The van der Waals surface area contributed by atoms with E-state index in [9.17, 15) is 5.11 Å². The maximum Gasteiger partial charge on any atom is 0.172 e. The summed E-state index contributed by atoms with van der Waals surface area (Å²) in [6, 6.07) is 1.77. The van der Waals surface area contributed by atoms with Crippen molar-refractivity contribution in [3.8, 4) is 22.6 Å². The number of nitrogen functional groups attached to an aromatic ring is 1. The van der Waals surface area contributed by atoms with Crippen LogP contribution in [0.15, 0.2) is 16.7 Å². The third kappa shape index (κ3) is 1.82. The Hall–Kier alpha value is -1.69. The fourth-order valence-electron chi connectivity index (χ4n) is 1.86. The van der Waals surface area contributed by atoms with E-state index in [2.05, 4.69) is 21.0 Å². The van der Waals surface area contributed by atoms with Gasteiger partial charge < -0.3 is 15.6 Å². The Kier molecular flexibility index (Phi) is 3.21. The van der Waals surface area contributed by atoms with Gasteiger partial charge in [-0.3, -0.25) is 4.68 Å². The Labute approximate surface area is 113 Å². The number of phenolic OH excluding ortho intramolecular Hbond substituents is 1. The molecule has 2 rings (SSSR count). The number of hydrogen-bond acceptors (Lipinski definition) is 4. The van der Waals surface area contributed by atoms with Crippen LogP contribution in [-0.4, -0.2) is 22.0 Å². The first-order valence-corrected chi connectivity index (χ1v) is 6.10. The SMILES string of the molecule is COc1cc(C)c(-c2cnn(C)c2N)c(Br)c1O. The largest absolute Gasteiger partial charge is 0.503 e. The molecule has 1 aromatic heterocycles. The molecule has 6 heteroatoms. The van der Waals surface area contributed by atoms with Gasteiger partial charge in [0.2, 0.25) is 0 Å². The number of nitrogens with zero attached hydrogens (tertiary/aromatic N) is 2. The Morgan fingerprint density at radius 3 is 2.67 bits per heavy atom. The fraction of sp³-hybridized carbons (Fsp3) is 0.250. The van der Waals surface area contributed by atoms with Crippen LogP contribution in [0.3, 0.4) is 0 Å². The molecule has 0 saturated heterocycles. The number of hydrogen-bond donors (Lipinski definition) is 2. The highest BCUT2D eigenvalue weighted by atomic mass is 79.9. The van der Waals surface area contributed by atoms with Crippen LogP contribution in [0.1, 0.15) is 5.56 Å². The smallest absolute Gasteiger partial charge is 0.172 e. The minimum Gasteiger partial charge on any atom is -0.503 e. The molecule has 18 heavy (non-hydrogen) atoms. The van der Waals surface area contributed by atoms with E-state index >= 15 is 0 Å². The van der Waals surface area contributed by atoms with Gasteiger partial charge in [-0.15, -0.1) is 0 Å². The normalized spacial score (nSPS) is 10.7. The summed E-state index contributed by atoms with van der Waals surface area (Å²) in [6.45, 7) is 1.93. The molecule has 0 aliphatic rings. The van der Waals surface area contributed by atoms with Crippen LogP contribution in [0.4, 0.5) is 5.82 Å². The van der Waals surface area contributed by atoms with Gasteiger partial charge in [-0.05, 0) is 34.5 Å². The molecule has 0 aliphatic heterocycles. The summed E-state index contributed by atoms with van der Waals surface area (Å²) in [5, 5.41) is 14.1. The van der Waals surface area contributed by atoms with Gasteiger partial charge in [0.1, 0.15) is 5.82 Å². The summed E-state index contributed by atoms with van der Waals surface area (Å²) in [7, 11) is 3.28. The summed E-state index contributed by atoms with van der Waals surface area (Å²) < 4.78 is 7.24. The van der Waals surface area contributed by atoms with Crippen molar-refractivity contribution in [2.45, 2.75) is 6.92 Å². The van der Waals surface area contributed by atoms with Crippen molar-refractivity contribution in [3.05, 3.63) is 22.3 Å². The fourth-order valence-corrected chi connectivity index (χ4v) is 2.58. The minimum absolute atomic E-state index is 0.0568. The number of nitrogens with two attached hydrogens (primary N) is 1. The summed E-state index contributed by atoms with van der Waals surface area (Å²) >= 11 is 3.38. The van der Waals surface area contributed by atoms with Gasteiger partial charge in [0.05, 0.1) is 17.8 Å². The van der Waals surface area contributed by atoms with Crippen LogP contribution < -0.4 is 10.5 Å². The van der Waals surface area contributed by atoms with Crippen molar-refractivity contribution < 1.29 is 9.84 Å². The zero-order valence-electron chi connectivity index (χ0n) is 10.4. The van der Waals surface area contributed by atoms with E-state index in [4.69, 9.17) is 10.5 Å². The minimum atomic E-state index is 0.0568. The van der Waals surface area contributed by atoms with Crippen LogP contribution >= 0.6 is 15.9 Å². The number of aromatic hydroxyl groups is 1. The summed E-state index contributed by atoms with van der Waals surface area (Å²) in [6.07, 6.45) is 1.67. The summed E-state index contributed by atoms with van der Waals surface area (Å²) in [5.41, 5.74) is 8.50. The number of ether oxygens (including phenoxy) is 1. The topological polar surface area (TPSA) is 73.3 Å². The van der Waals surface area contributed by atoms with E-state index in [1.807, 2.05) is 6.92 Å². The van der Waals surface area contributed by atoms with Crippen molar-refractivity contribution in [1.82, 2.24) is 9.78 Å². The van der Waals surface area contributed by atoms with Gasteiger partial charge in [0.25, 0.3) is 0 Å². The molecule has 0 saturated carbocycles. The lowest BCUT2D eigenvalue weighted by atomic mass is 10.0. The number of phenols is 1. The molecule has 0 amide bonds. The molecule has 0 atom stereocenters. The highest BCUT2D eigenvalue weighted by Gasteiger charge is 2.19. The van der Waals surface area contributed by atoms with Crippen molar-refractivity contribution in [1.29, 1.82) is 0 Å². The van der Waals surface area contributed by atoms with Gasteiger partial charge in [0, 0.05) is 18.2 Å². The molecule has 2 aromatic rings. The Bertz CT molecular complexity index is 608. The highest BCUT2D eigenvalue weighted by molar-refractivity contribution is 9.10. The number of aromatic nitrogens is 2. The average Bonchev–Trinajstić information content (AvgIpc) is 2.66. The quantitative estimate of drug-likeness (QED) is 0.893. The van der Waals surface area contributed by atoms with Crippen molar-refractivity contribution in [2.24, 2.45) is 7.05 Å². The lowest BCUT2D eigenvalue weighted by Gasteiger charge is -2.13. The number of anilines is 1. The van der Waals surface area contributed by atoms with E-state index in [-0.39, 0.29) is 5.75 Å². The van der Waals surface area contributed by atoms with E-state index in [1.165, 1.54) is 7.11 Å². The van der Waals surface area contributed by atoms with Crippen molar-refractivity contribution in [2.75, 3.05) is 12.8 Å². The van der Waals surface area contributed by atoms with Gasteiger partial charge in [-0.2, -0.15) is 5.10 Å². The number of rotatable bonds is 2. The maximum atomic E-state index is 10.0. The maximum absolute atomic E-state index is 10.0. The Balaban J connectivity index is 2.73. The Morgan fingerprint density at radius 1 is 1.50 bits per heavy atom. The molecule has 0 fully saturated rings. The number of benzene rings is 1. The van der Waals surface area contributed by atoms with Gasteiger partial charge in [-0.1, -0.05) is 0 Å². The lowest BCUT2D eigenvalue weighted by molar-refractivity contribution is 0.372. The summed E-state index contributed by atoms with van der Waals surface area (Å²) in [4.78, 5) is 0. The van der Waals surface area contributed by atoms with Crippen molar-refractivity contribution in [3.63, 3.8) is 0 Å². The van der Waals surface area contributed by atoms with Crippen LogP contribution in [0.2, 0.25) is 0 Å². The number of methoxy groups -OCH3 is 1. The zero-order valence-corrected chi connectivity index (χ0v) is 11.9. The molecule has 1 aromatic carbocycles. The second-order valence-electron chi connectivity index (χ2n) is 4.00. The van der Waals surface area contributed by atoms with Crippen molar-refractivity contribution >= 4 is 21.7 Å².